The maximum Gasteiger partial charge on any atom is 0.281 e. The summed E-state index contributed by atoms with van der Waals surface area (Å²) in [6, 6.07) is 21.7. The second kappa shape index (κ2) is 10.4. The van der Waals surface area contributed by atoms with Gasteiger partial charge in [0.1, 0.15) is 6.61 Å². The molecule has 0 bridgehead atoms. The van der Waals surface area contributed by atoms with Crippen LogP contribution in [-0.4, -0.2) is 18.7 Å². The maximum absolute atomic E-state index is 12.0. The lowest BCUT2D eigenvalue weighted by molar-refractivity contribution is 0.0959. The second-order valence-corrected chi connectivity index (χ2v) is 8.67. The van der Waals surface area contributed by atoms with Gasteiger partial charge in [-0.2, -0.15) is 5.10 Å². The molecule has 0 spiro atoms. The van der Waals surface area contributed by atoms with Gasteiger partial charge in [0.15, 0.2) is 11.5 Å². The third kappa shape index (κ3) is 5.18. The number of hydrogen-bond acceptors (Lipinski definition) is 5. The lowest BCUT2D eigenvalue weighted by Crippen LogP contribution is -2.16. The molecule has 0 saturated carbocycles. The lowest BCUT2D eigenvalue weighted by atomic mass is 10.1. The van der Waals surface area contributed by atoms with E-state index in [0.29, 0.717) is 29.6 Å². The van der Waals surface area contributed by atoms with E-state index in [2.05, 4.69) is 50.7 Å². The predicted molar refractivity (Wildman–Crippen MR) is 133 cm³/mol. The van der Waals surface area contributed by atoms with Gasteiger partial charge in [-0.15, -0.1) is 11.3 Å². The van der Waals surface area contributed by atoms with Gasteiger partial charge in [-0.25, -0.2) is 5.43 Å². The Balaban J connectivity index is 1.52. The average Bonchev–Trinajstić information content (AvgIpc) is 3.34. The third-order valence-electron chi connectivity index (χ3n) is 4.71. The van der Waals surface area contributed by atoms with E-state index < -0.39 is 0 Å². The minimum atomic E-state index is -0.240. The summed E-state index contributed by atoms with van der Waals surface area (Å²) in [6.07, 6.45) is 1.58. The van der Waals surface area contributed by atoms with Crippen molar-refractivity contribution >= 4 is 50.2 Å². The summed E-state index contributed by atoms with van der Waals surface area (Å²) in [5.41, 5.74) is 4.40. The Labute approximate surface area is 198 Å². The number of carbonyl (C=O) groups excluding carboxylic acids is 1. The molecule has 32 heavy (non-hydrogen) atoms. The molecule has 1 aromatic heterocycles. The van der Waals surface area contributed by atoms with Crippen molar-refractivity contribution in [2.45, 2.75) is 13.5 Å². The molecule has 4 aromatic rings. The Morgan fingerprint density at radius 2 is 1.94 bits per heavy atom. The number of fused-ring (bicyclic) bond motifs is 1. The van der Waals surface area contributed by atoms with Crippen molar-refractivity contribution in [3.63, 3.8) is 0 Å². The van der Waals surface area contributed by atoms with Gasteiger partial charge in [-0.3, -0.25) is 4.79 Å². The summed E-state index contributed by atoms with van der Waals surface area (Å²) in [7, 11) is 0. The number of hydrazone groups is 1. The molecule has 162 valence electrons. The SMILES string of the molecule is CCOc1cc(/C=N\NC(=O)c2cccs2)cc(Br)c1OCc1cccc2ccccc12. The molecule has 1 heterocycles. The highest BCUT2D eigenvalue weighted by molar-refractivity contribution is 9.10. The number of amides is 1. The molecule has 0 radical (unpaired) electrons. The molecule has 4 rings (SSSR count). The minimum Gasteiger partial charge on any atom is -0.490 e. The fourth-order valence-corrected chi connectivity index (χ4v) is 4.45. The standard InChI is InChI=1S/C25H21BrN2O3S/c1-2-30-22-14-17(15-27-28-25(29)23-11-6-12-32-23)13-21(26)24(22)31-16-19-9-5-8-18-7-3-4-10-20(18)19/h3-15H,2,16H2,1H3,(H,28,29)/b27-15-. The number of hydrogen-bond donors (Lipinski definition) is 1. The van der Waals surface area contributed by atoms with Crippen LogP contribution in [0.1, 0.15) is 27.7 Å². The molecular weight excluding hydrogens is 488 g/mol. The van der Waals surface area contributed by atoms with E-state index >= 15 is 0 Å². The van der Waals surface area contributed by atoms with Crippen LogP contribution in [0.2, 0.25) is 0 Å². The van der Waals surface area contributed by atoms with Gasteiger partial charge in [-0.05, 0) is 68.3 Å². The summed E-state index contributed by atoms with van der Waals surface area (Å²) in [5, 5.41) is 8.25. The van der Waals surface area contributed by atoms with E-state index in [0.717, 1.165) is 21.0 Å². The monoisotopic (exact) mass is 508 g/mol. The molecule has 7 heteroatoms. The molecular formula is C25H21BrN2O3S. The van der Waals surface area contributed by atoms with Gasteiger partial charge in [0.05, 0.1) is 22.2 Å². The number of rotatable bonds is 8. The summed E-state index contributed by atoms with van der Waals surface area (Å²) < 4.78 is 12.7. The molecule has 1 amide bonds. The van der Waals surface area contributed by atoms with Crippen molar-refractivity contribution in [2.75, 3.05) is 6.61 Å². The molecule has 3 aromatic carbocycles. The van der Waals surface area contributed by atoms with E-state index in [4.69, 9.17) is 9.47 Å². The van der Waals surface area contributed by atoms with Gasteiger partial charge in [0.2, 0.25) is 0 Å². The van der Waals surface area contributed by atoms with E-state index in [1.807, 2.05) is 48.7 Å². The quantitative estimate of drug-likeness (QED) is 0.221. The van der Waals surface area contributed by atoms with Crippen LogP contribution in [0, 0.1) is 0 Å². The summed E-state index contributed by atoms with van der Waals surface area (Å²) in [5.74, 6) is 0.989. The molecule has 5 nitrogen and oxygen atoms in total. The Kier molecular flexibility index (Phi) is 7.19. The summed E-state index contributed by atoms with van der Waals surface area (Å²) >= 11 is 4.96. The van der Waals surface area contributed by atoms with E-state index in [9.17, 15) is 4.79 Å². The highest BCUT2D eigenvalue weighted by atomic mass is 79.9. The zero-order valence-corrected chi connectivity index (χ0v) is 19.8. The van der Waals surface area contributed by atoms with Crippen molar-refractivity contribution in [2.24, 2.45) is 5.10 Å². The zero-order chi connectivity index (χ0) is 22.3. The topological polar surface area (TPSA) is 59.9 Å². The van der Waals surface area contributed by atoms with Crippen LogP contribution in [0.4, 0.5) is 0 Å². The molecule has 0 atom stereocenters. The van der Waals surface area contributed by atoms with Gasteiger partial charge < -0.3 is 9.47 Å². The predicted octanol–water partition coefficient (Wildman–Crippen LogP) is 6.41. The van der Waals surface area contributed by atoms with Gasteiger partial charge in [-0.1, -0.05) is 48.5 Å². The number of nitrogens with zero attached hydrogens (tertiary/aromatic N) is 1. The van der Waals surface area contributed by atoms with Gasteiger partial charge >= 0.3 is 0 Å². The van der Waals surface area contributed by atoms with E-state index in [-0.39, 0.29) is 5.91 Å². The van der Waals surface area contributed by atoms with Crippen LogP contribution < -0.4 is 14.9 Å². The first-order chi connectivity index (χ1) is 15.7. The number of carbonyl (C=O) groups is 1. The van der Waals surface area contributed by atoms with Crippen molar-refractivity contribution in [3.8, 4) is 11.5 Å². The Hall–Kier alpha value is -3.16. The largest absolute Gasteiger partial charge is 0.490 e. The molecule has 0 aliphatic rings. The van der Waals surface area contributed by atoms with E-state index in [1.54, 1.807) is 12.3 Å². The van der Waals surface area contributed by atoms with Crippen LogP contribution in [0.15, 0.2) is 81.7 Å². The normalized spacial score (nSPS) is 11.1. The second-order valence-electron chi connectivity index (χ2n) is 6.87. The first-order valence-electron chi connectivity index (χ1n) is 10.1. The van der Waals surface area contributed by atoms with Crippen LogP contribution >= 0.6 is 27.3 Å². The first kappa shape index (κ1) is 22.0. The fourth-order valence-electron chi connectivity index (χ4n) is 3.26. The van der Waals surface area contributed by atoms with Gasteiger partial charge in [0.25, 0.3) is 5.91 Å². The average molecular weight is 509 g/mol. The highest BCUT2D eigenvalue weighted by Gasteiger charge is 2.13. The van der Waals surface area contributed by atoms with Gasteiger partial charge in [0, 0.05) is 0 Å². The maximum atomic E-state index is 12.0. The zero-order valence-electron chi connectivity index (χ0n) is 17.4. The molecule has 0 aliphatic heterocycles. The van der Waals surface area contributed by atoms with Crippen LogP contribution in [0.5, 0.6) is 11.5 Å². The molecule has 0 fully saturated rings. The van der Waals surface area contributed by atoms with Crippen molar-refractivity contribution in [1.29, 1.82) is 0 Å². The molecule has 1 N–H and O–H groups in total. The van der Waals surface area contributed by atoms with E-state index in [1.165, 1.54) is 16.7 Å². The number of halogens is 1. The molecule has 0 aliphatic carbocycles. The molecule has 0 unspecified atom stereocenters. The molecule has 0 saturated heterocycles. The smallest absolute Gasteiger partial charge is 0.281 e. The highest BCUT2D eigenvalue weighted by Crippen LogP contribution is 2.37. The van der Waals surface area contributed by atoms with Crippen molar-refractivity contribution in [3.05, 3.63) is 92.6 Å². The minimum absolute atomic E-state index is 0.240. The number of benzene rings is 3. The third-order valence-corrected chi connectivity index (χ3v) is 6.17. The van der Waals surface area contributed by atoms with Crippen molar-refractivity contribution < 1.29 is 14.3 Å². The fraction of sp³-hybridized carbons (Fsp3) is 0.120. The van der Waals surface area contributed by atoms with Crippen molar-refractivity contribution in [1.82, 2.24) is 5.43 Å². The summed E-state index contributed by atoms with van der Waals surface area (Å²) in [4.78, 5) is 12.6. The number of nitrogens with one attached hydrogen (secondary N) is 1. The lowest BCUT2D eigenvalue weighted by Gasteiger charge is -2.15. The first-order valence-corrected chi connectivity index (χ1v) is 11.8. The Morgan fingerprint density at radius 1 is 1.09 bits per heavy atom. The number of thiophene rings is 1. The van der Waals surface area contributed by atoms with Crippen LogP contribution in [0.3, 0.4) is 0 Å². The van der Waals surface area contributed by atoms with Crippen LogP contribution in [0.25, 0.3) is 10.8 Å². The number of ether oxygens (including phenoxy) is 2. The summed E-state index contributed by atoms with van der Waals surface area (Å²) in [6.45, 7) is 2.82. The van der Waals surface area contributed by atoms with Crippen LogP contribution in [-0.2, 0) is 6.61 Å². The Bertz CT molecular complexity index is 1250. The Morgan fingerprint density at radius 3 is 2.75 bits per heavy atom.